The zero-order valence-electron chi connectivity index (χ0n) is 10.4. The highest BCUT2D eigenvalue weighted by atomic mass is 35.5. The molecule has 0 aliphatic heterocycles. The fraction of sp³-hybridized carbons (Fsp3) is 0.0833. The summed E-state index contributed by atoms with van der Waals surface area (Å²) in [4.78, 5) is 26.3. The van der Waals surface area contributed by atoms with Crippen molar-refractivity contribution in [3.05, 3.63) is 39.3 Å². The number of benzene rings is 1. The zero-order chi connectivity index (χ0) is 15.4. The van der Waals surface area contributed by atoms with Crippen LogP contribution in [0.25, 0.3) is 0 Å². The molecular weight excluding hydrogens is 337 g/mol. The summed E-state index contributed by atoms with van der Waals surface area (Å²) >= 11 is 12.8. The quantitative estimate of drug-likeness (QED) is 0.787. The zero-order valence-corrected chi connectivity index (χ0v) is 12.7. The Morgan fingerprint density at radius 2 is 2.00 bits per heavy atom. The second kappa shape index (κ2) is 6.75. The maximum atomic E-state index is 11.8. The summed E-state index contributed by atoms with van der Waals surface area (Å²) in [6.45, 7) is 0. The molecule has 0 saturated carbocycles. The highest BCUT2D eigenvalue weighted by Crippen LogP contribution is 2.25. The molecule has 0 aliphatic rings. The van der Waals surface area contributed by atoms with Crippen LogP contribution in [0.1, 0.15) is 5.69 Å². The van der Waals surface area contributed by atoms with Crippen LogP contribution in [0.4, 0.5) is 15.6 Å². The van der Waals surface area contributed by atoms with Crippen molar-refractivity contribution in [2.75, 3.05) is 10.6 Å². The number of hydrogen-bond donors (Lipinski definition) is 3. The summed E-state index contributed by atoms with van der Waals surface area (Å²) in [6.07, 6.45) is -0.188. The number of carbonyl (C=O) groups is 2. The molecule has 2 rings (SSSR count). The molecule has 0 spiro atoms. The third kappa shape index (κ3) is 4.59. The van der Waals surface area contributed by atoms with Gasteiger partial charge in [-0.2, -0.15) is 0 Å². The number of urea groups is 1. The first-order valence-corrected chi connectivity index (χ1v) is 7.27. The Labute approximate surface area is 133 Å². The number of nitrogens with one attached hydrogen (secondary N) is 2. The lowest BCUT2D eigenvalue weighted by molar-refractivity contribution is -0.136. The fourth-order valence-electron chi connectivity index (χ4n) is 1.43. The highest BCUT2D eigenvalue weighted by molar-refractivity contribution is 7.14. The predicted octanol–water partition coefficient (Wildman–Crippen LogP) is 3.72. The fourth-order valence-corrected chi connectivity index (χ4v) is 2.44. The van der Waals surface area contributed by atoms with Gasteiger partial charge in [-0.25, -0.2) is 9.78 Å². The van der Waals surface area contributed by atoms with Crippen molar-refractivity contribution in [2.45, 2.75) is 6.42 Å². The van der Waals surface area contributed by atoms with Gasteiger partial charge in [-0.1, -0.05) is 23.2 Å². The molecule has 1 heterocycles. The van der Waals surface area contributed by atoms with Crippen LogP contribution in [0, 0.1) is 0 Å². The van der Waals surface area contributed by atoms with Gasteiger partial charge in [0.05, 0.1) is 22.2 Å². The number of aromatic nitrogens is 1. The van der Waals surface area contributed by atoms with E-state index in [0.717, 1.165) is 11.3 Å². The number of rotatable bonds is 4. The van der Waals surface area contributed by atoms with E-state index in [4.69, 9.17) is 28.3 Å². The Hall–Kier alpha value is -1.83. The van der Waals surface area contributed by atoms with Gasteiger partial charge in [0.1, 0.15) is 0 Å². The van der Waals surface area contributed by atoms with Gasteiger partial charge in [-0.05, 0) is 18.2 Å². The molecule has 0 bridgehead atoms. The van der Waals surface area contributed by atoms with Crippen molar-refractivity contribution in [2.24, 2.45) is 0 Å². The molecule has 0 unspecified atom stereocenters. The van der Waals surface area contributed by atoms with E-state index in [0.29, 0.717) is 26.6 Å². The summed E-state index contributed by atoms with van der Waals surface area (Å²) in [5.41, 5.74) is 0.863. The second-order valence-corrected chi connectivity index (χ2v) is 5.60. The summed E-state index contributed by atoms with van der Waals surface area (Å²) < 4.78 is 0. The molecule has 110 valence electrons. The third-order valence-electron chi connectivity index (χ3n) is 2.28. The van der Waals surface area contributed by atoms with Crippen LogP contribution in [0.3, 0.4) is 0 Å². The molecule has 0 aliphatic carbocycles. The number of hydrogen-bond acceptors (Lipinski definition) is 4. The topological polar surface area (TPSA) is 91.3 Å². The second-order valence-electron chi connectivity index (χ2n) is 3.92. The monoisotopic (exact) mass is 345 g/mol. The number of nitrogens with zero attached hydrogens (tertiary/aromatic N) is 1. The Morgan fingerprint density at radius 3 is 2.67 bits per heavy atom. The maximum Gasteiger partial charge on any atom is 0.325 e. The smallest absolute Gasteiger partial charge is 0.325 e. The van der Waals surface area contributed by atoms with Crippen molar-refractivity contribution in [1.82, 2.24) is 4.98 Å². The molecule has 0 saturated heterocycles. The van der Waals surface area contributed by atoms with Gasteiger partial charge < -0.3 is 10.4 Å². The summed E-state index contributed by atoms with van der Waals surface area (Å²) in [6, 6.07) is 4.17. The molecule has 0 fully saturated rings. The van der Waals surface area contributed by atoms with Gasteiger partial charge in [0.2, 0.25) is 0 Å². The van der Waals surface area contributed by atoms with Crippen molar-refractivity contribution in [1.29, 1.82) is 0 Å². The number of carboxylic acids is 1. The van der Waals surface area contributed by atoms with Crippen LogP contribution in [0.2, 0.25) is 10.0 Å². The number of amides is 2. The highest BCUT2D eigenvalue weighted by Gasteiger charge is 2.09. The first kappa shape index (κ1) is 15.6. The lowest BCUT2D eigenvalue weighted by Crippen LogP contribution is -2.19. The van der Waals surface area contributed by atoms with Gasteiger partial charge in [-0.15, -0.1) is 11.3 Å². The number of anilines is 2. The molecular formula is C12H9Cl2N3O3S. The minimum Gasteiger partial charge on any atom is -0.481 e. The maximum absolute atomic E-state index is 11.8. The van der Waals surface area contributed by atoms with Crippen molar-refractivity contribution in [3.63, 3.8) is 0 Å². The average Bonchev–Trinajstić information content (AvgIpc) is 2.80. The SMILES string of the molecule is O=C(O)Cc1csc(NC(=O)Nc2ccc(Cl)c(Cl)c2)n1. The van der Waals surface area contributed by atoms with Gasteiger partial charge in [0, 0.05) is 11.1 Å². The lowest BCUT2D eigenvalue weighted by Gasteiger charge is -2.06. The van der Waals surface area contributed by atoms with Crippen LogP contribution in [0.5, 0.6) is 0 Å². The minimum atomic E-state index is -0.980. The summed E-state index contributed by atoms with van der Waals surface area (Å²) in [5, 5.41) is 16.3. The summed E-state index contributed by atoms with van der Waals surface area (Å²) in [7, 11) is 0. The third-order valence-corrected chi connectivity index (χ3v) is 3.83. The minimum absolute atomic E-state index is 0.188. The van der Waals surface area contributed by atoms with E-state index >= 15 is 0 Å². The molecule has 2 amide bonds. The van der Waals surface area contributed by atoms with E-state index < -0.39 is 12.0 Å². The number of carboxylic acid groups (broad SMARTS) is 1. The number of aliphatic carboxylic acids is 1. The Morgan fingerprint density at radius 1 is 1.24 bits per heavy atom. The van der Waals surface area contributed by atoms with Gasteiger partial charge in [0.25, 0.3) is 0 Å². The van der Waals surface area contributed by atoms with E-state index in [1.54, 1.807) is 17.5 Å². The van der Waals surface area contributed by atoms with Gasteiger partial charge >= 0.3 is 12.0 Å². The van der Waals surface area contributed by atoms with Crippen LogP contribution in [-0.4, -0.2) is 22.1 Å². The first-order chi connectivity index (χ1) is 9.94. The van der Waals surface area contributed by atoms with E-state index in [1.165, 1.54) is 6.07 Å². The van der Waals surface area contributed by atoms with E-state index in [1.807, 2.05) is 0 Å². The van der Waals surface area contributed by atoms with Crippen LogP contribution < -0.4 is 10.6 Å². The lowest BCUT2D eigenvalue weighted by atomic mass is 10.3. The van der Waals surface area contributed by atoms with Crippen LogP contribution in [0.15, 0.2) is 23.6 Å². The molecule has 9 heteroatoms. The van der Waals surface area contributed by atoms with Crippen molar-refractivity contribution < 1.29 is 14.7 Å². The van der Waals surface area contributed by atoms with E-state index in [-0.39, 0.29) is 6.42 Å². The van der Waals surface area contributed by atoms with Crippen LogP contribution in [-0.2, 0) is 11.2 Å². The summed E-state index contributed by atoms with van der Waals surface area (Å²) in [5.74, 6) is -0.980. The van der Waals surface area contributed by atoms with E-state index in [2.05, 4.69) is 15.6 Å². The number of carbonyl (C=O) groups excluding carboxylic acids is 1. The Balaban J connectivity index is 1.96. The molecule has 3 N–H and O–H groups in total. The largest absolute Gasteiger partial charge is 0.481 e. The number of halogens is 2. The normalized spacial score (nSPS) is 10.2. The van der Waals surface area contributed by atoms with E-state index in [9.17, 15) is 9.59 Å². The molecule has 1 aromatic heterocycles. The molecule has 21 heavy (non-hydrogen) atoms. The van der Waals surface area contributed by atoms with Crippen molar-refractivity contribution in [3.8, 4) is 0 Å². The van der Waals surface area contributed by atoms with Crippen LogP contribution >= 0.6 is 34.5 Å². The molecule has 2 aromatic rings. The predicted molar refractivity (Wildman–Crippen MR) is 82.6 cm³/mol. The van der Waals surface area contributed by atoms with Gasteiger partial charge in [0.15, 0.2) is 5.13 Å². The average molecular weight is 346 g/mol. The standard InChI is InChI=1S/C12H9Cl2N3O3S/c13-8-2-1-6(3-9(8)14)15-11(20)17-12-16-7(5-21-12)4-10(18)19/h1-3,5H,4H2,(H,18,19)(H2,15,16,17,20). The Bertz CT molecular complexity index is 690. The molecule has 0 atom stereocenters. The first-order valence-electron chi connectivity index (χ1n) is 5.63. The molecule has 0 radical (unpaired) electrons. The molecule has 1 aromatic carbocycles. The Kier molecular flexibility index (Phi) is 5.00. The van der Waals surface area contributed by atoms with Crippen molar-refractivity contribution >= 4 is 57.4 Å². The molecule has 6 nitrogen and oxygen atoms in total. The number of thiazole rings is 1. The van der Waals surface area contributed by atoms with Gasteiger partial charge in [-0.3, -0.25) is 10.1 Å².